The summed E-state index contributed by atoms with van der Waals surface area (Å²) in [6, 6.07) is 5.54. The monoisotopic (exact) mass is 302 g/mol. The maximum Gasteiger partial charge on any atom is 0.127 e. The van der Waals surface area contributed by atoms with Gasteiger partial charge in [0.15, 0.2) is 0 Å². The molecule has 0 aromatic heterocycles. The van der Waals surface area contributed by atoms with Crippen LogP contribution in [0, 0.1) is 5.82 Å². The first-order valence-corrected chi connectivity index (χ1v) is 6.64. The average Bonchev–Trinajstić information content (AvgIpc) is 2.21. The molecule has 1 atom stereocenters. The van der Waals surface area contributed by atoms with E-state index in [0.717, 1.165) is 23.1 Å². The Balaban J connectivity index is 2.71. The molecule has 0 aliphatic carbocycles. The van der Waals surface area contributed by atoms with E-state index < -0.39 is 0 Å². The minimum absolute atomic E-state index is 0.138. The van der Waals surface area contributed by atoms with E-state index in [4.69, 9.17) is 0 Å². The number of nitrogens with zero attached hydrogens (tertiary/aromatic N) is 1. The van der Waals surface area contributed by atoms with E-state index in [2.05, 4.69) is 33.1 Å². The van der Waals surface area contributed by atoms with Crippen molar-refractivity contribution in [2.24, 2.45) is 0 Å². The Kier molecular flexibility index (Phi) is 6.09. The summed E-state index contributed by atoms with van der Waals surface area (Å²) in [7, 11) is 4.06. The second kappa shape index (κ2) is 7.09. The zero-order valence-electron chi connectivity index (χ0n) is 10.6. The van der Waals surface area contributed by atoms with Crippen LogP contribution in [-0.2, 0) is 6.42 Å². The Labute approximate surface area is 111 Å². The van der Waals surface area contributed by atoms with Gasteiger partial charge in [-0.25, -0.2) is 4.39 Å². The molecule has 0 aliphatic rings. The molecule has 1 N–H and O–H groups in total. The number of benzene rings is 1. The molecule has 0 saturated heterocycles. The van der Waals surface area contributed by atoms with Crippen LogP contribution in [-0.4, -0.2) is 38.1 Å². The topological polar surface area (TPSA) is 15.3 Å². The van der Waals surface area contributed by atoms with Crippen LogP contribution in [0.5, 0.6) is 0 Å². The van der Waals surface area contributed by atoms with Crippen molar-refractivity contribution in [1.29, 1.82) is 0 Å². The maximum atomic E-state index is 13.7. The van der Waals surface area contributed by atoms with Gasteiger partial charge in [0.05, 0.1) is 0 Å². The molecular formula is C13H20BrFN2. The predicted molar refractivity (Wildman–Crippen MR) is 73.8 cm³/mol. The summed E-state index contributed by atoms with van der Waals surface area (Å²) in [4.78, 5) is 2.12. The molecule has 17 heavy (non-hydrogen) atoms. The number of hydrogen-bond donors (Lipinski definition) is 1. The van der Waals surface area contributed by atoms with Gasteiger partial charge in [0, 0.05) is 17.1 Å². The lowest BCUT2D eigenvalue weighted by molar-refractivity contribution is 0.337. The van der Waals surface area contributed by atoms with Gasteiger partial charge in [-0.05, 0) is 44.8 Å². The molecule has 1 aromatic rings. The summed E-state index contributed by atoms with van der Waals surface area (Å²) in [5.41, 5.74) is 0.765. The highest BCUT2D eigenvalue weighted by Crippen LogP contribution is 2.16. The SMILES string of the molecule is CCNC(Cc1ccc(Br)cc1F)CN(C)C. The van der Waals surface area contributed by atoms with Gasteiger partial charge in [-0.3, -0.25) is 0 Å². The highest BCUT2D eigenvalue weighted by molar-refractivity contribution is 9.10. The molecule has 0 spiro atoms. The highest BCUT2D eigenvalue weighted by atomic mass is 79.9. The lowest BCUT2D eigenvalue weighted by Crippen LogP contribution is -2.39. The molecular weight excluding hydrogens is 283 g/mol. The summed E-state index contributed by atoms with van der Waals surface area (Å²) < 4.78 is 14.5. The van der Waals surface area contributed by atoms with Crippen molar-refractivity contribution in [1.82, 2.24) is 10.2 Å². The van der Waals surface area contributed by atoms with E-state index in [0.29, 0.717) is 6.42 Å². The zero-order chi connectivity index (χ0) is 12.8. The van der Waals surface area contributed by atoms with Gasteiger partial charge in [0.25, 0.3) is 0 Å². The van der Waals surface area contributed by atoms with Gasteiger partial charge in [0.2, 0.25) is 0 Å². The van der Waals surface area contributed by atoms with Crippen molar-refractivity contribution in [3.05, 3.63) is 34.1 Å². The fourth-order valence-electron chi connectivity index (χ4n) is 1.88. The van der Waals surface area contributed by atoms with Crippen molar-refractivity contribution in [2.45, 2.75) is 19.4 Å². The van der Waals surface area contributed by atoms with Gasteiger partial charge in [-0.15, -0.1) is 0 Å². The Bertz CT molecular complexity index is 355. The van der Waals surface area contributed by atoms with E-state index in [-0.39, 0.29) is 11.9 Å². The second-order valence-corrected chi connectivity index (χ2v) is 5.37. The molecule has 0 saturated carbocycles. The largest absolute Gasteiger partial charge is 0.313 e. The summed E-state index contributed by atoms with van der Waals surface area (Å²) >= 11 is 3.27. The third-order valence-corrected chi connectivity index (χ3v) is 3.05. The third kappa shape index (κ3) is 5.15. The Morgan fingerprint density at radius 1 is 1.41 bits per heavy atom. The molecule has 2 nitrogen and oxygen atoms in total. The van der Waals surface area contributed by atoms with Crippen LogP contribution in [0.25, 0.3) is 0 Å². The minimum atomic E-state index is -0.138. The standard InChI is InChI=1S/C13H20BrFN2/c1-4-16-12(9-17(2)3)7-10-5-6-11(14)8-13(10)15/h5-6,8,12,16H,4,7,9H2,1-3H3. The molecule has 0 heterocycles. The van der Waals surface area contributed by atoms with Crippen LogP contribution in [0.2, 0.25) is 0 Å². The van der Waals surface area contributed by atoms with E-state index in [1.54, 1.807) is 0 Å². The molecule has 1 rings (SSSR count). The maximum absolute atomic E-state index is 13.7. The smallest absolute Gasteiger partial charge is 0.127 e. The Hall–Kier alpha value is -0.450. The van der Waals surface area contributed by atoms with Crippen molar-refractivity contribution in [3.8, 4) is 0 Å². The summed E-state index contributed by atoms with van der Waals surface area (Å²) in [5.74, 6) is -0.138. The summed E-state index contributed by atoms with van der Waals surface area (Å²) in [6.07, 6.45) is 0.713. The molecule has 0 radical (unpaired) electrons. The number of rotatable bonds is 6. The van der Waals surface area contributed by atoms with Crippen molar-refractivity contribution < 1.29 is 4.39 Å². The van der Waals surface area contributed by atoms with Crippen LogP contribution in [0.4, 0.5) is 4.39 Å². The quantitative estimate of drug-likeness (QED) is 0.869. The Morgan fingerprint density at radius 3 is 2.65 bits per heavy atom. The van der Waals surface area contributed by atoms with Crippen LogP contribution < -0.4 is 5.32 Å². The van der Waals surface area contributed by atoms with Crippen molar-refractivity contribution in [2.75, 3.05) is 27.2 Å². The second-order valence-electron chi connectivity index (χ2n) is 4.46. The van der Waals surface area contributed by atoms with E-state index in [1.807, 2.05) is 26.2 Å². The number of nitrogens with one attached hydrogen (secondary N) is 1. The number of halogens is 2. The fourth-order valence-corrected chi connectivity index (χ4v) is 2.22. The highest BCUT2D eigenvalue weighted by Gasteiger charge is 2.12. The van der Waals surface area contributed by atoms with Gasteiger partial charge in [-0.1, -0.05) is 28.9 Å². The summed E-state index contributed by atoms with van der Waals surface area (Å²) in [5, 5.41) is 3.38. The average molecular weight is 303 g/mol. The molecule has 4 heteroatoms. The number of likely N-dealkylation sites (N-methyl/N-ethyl adjacent to an activating group) is 2. The molecule has 0 amide bonds. The first-order chi connectivity index (χ1) is 8.02. The van der Waals surface area contributed by atoms with Crippen LogP contribution in [0.1, 0.15) is 12.5 Å². The number of hydrogen-bond acceptors (Lipinski definition) is 2. The van der Waals surface area contributed by atoms with E-state index >= 15 is 0 Å². The molecule has 1 aromatic carbocycles. The van der Waals surface area contributed by atoms with Crippen molar-refractivity contribution in [3.63, 3.8) is 0 Å². The zero-order valence-corrected chi connectivity index (χ0v) is 12.2. The third-order valence-electron chi connectivity index (χ3n) is 2.56. The molecule has 0 bridgehead atoms. The van der Waals surface area contributed by atoms with Gasteiger partial charge < -0.3 is 10.2 Å². The molecule has 96 valence electrons. The van der Waals surface area contributed by atoms with E-state index in [9.17, 15) is 4.39 Å². The van der Waals surface area contributed by atoms with E-state index in [1.165, 1.54) is 6.07 Å². The lowest BCUT2D eigenvalue weighted by atomic mass is 10.0. The van der Waals surface area contributed by atoms with Gasteiger partial charge in [0.1, 0.15) is 5.82 Å². The van der Waals surface area contributed by atoms with Crippen LogP contribution in [0.3, 0.4) is 0 Å². The van der Waals surface area contributed by atoms with Crippen LogP contribution >= 0.6 is 15.9 Å². The summed E-state index contributed by atoms with van der Waals surface area (Å²) in [6.45, 7) is 3.88. The lowest BCUT2D eigenvalue weighted by Gasteiger charge is -2.22. The molecule has 0 aliphatic heterocycles. The normalized spacial score (nSPS) is 13.1. The van der Waals surface area contributed by atoms with Gasteiger partial charge >= 0.3 is 0 Å². The van der Waals surface area contributed by atoms with Crippen molar-refractivity contribution >= 4 is 15.9 Å². The fraction of sp³-hybridized carbons (Fsp3) is 0.538. The van der Waals surface area contributed by atoms with Gasteiger partial charge in [-0.2, -0.15) is 0 Å². The predicted octanol–water partition coefficient (Wildman–Crippen LogP) is 2.67. The minimum Gasteiger partial charge on any atom is -0.313 e. The van der Waals surface area contributed by atoms with Crippen LogP contribution in [0.15, 0.2) is 22.7 Å². The first-order valence-electron chi connectivity index (χ1n) is 5.85. The Morgan fingerprint density at radius 2 is 2.12 bits per heavy atom. The first kappa shape index (κ1) is 14.6. The molecule has 1 unspecified atom stereocenters. The molecule has 0 fully saturated rings.